The first-order chi connectivity index (χ1) is 18.2. The molecule has 4 heterocycles. The Bertz CT molecular complexity index is 1440. The molecule has 0 radical (unpaired) electrons. The van der Waals surface area contributed by atoms with Crippen LogP contribution in [0.15, 0.2) is 42.9 Å². The number of aromatic amines is 1. The molecule has 11 heteroatoms. The van der Waals surface area contributed by atoms with Crippen molar-refractivity contribution in [2.45, 2.75) is 25.5 Å². The highest BCUT2D eigenvalue weighted by Crippen LogP contribution is 2.36. The molecule has 4 aromatic rings. The Kier molecular flexibility index (Phi) is 7.46. The molecule has 1 aliphatic heterocycles. The van der Waals surface area contributed by atoms with Crippen molar-refractivity contribution in [2.75, 3.05) is 45.3 Å². The van der Waals surface area contributed by atoms with Gasteiger partial charge in [-0.2, -0.15) is 5.10 Å². The third-order valence-electron chi connectivity index (χ3n) is 7.15. The van der Waals surface area contributed by atoms with Crippen LogP contribution in [0.4, 0.5) is 10.2 Å². The quantitative estimate of drug-likeness (QED) is 0.279. The second-order valence-electron chi connectivity index (χ2n) is 9.85. The highest BCUT2D eigenvalue weighted by molar-refractivity contribution is 6.35. The van der Waals surface area contributed by atoms with E-state index < -0.39 is 6.10 Å². The highest BCUT2D eigenvalue weighted by atomic mass is 35.5. The van der Waals surface area contributed by atoms with Crippen molar-refractivity contribution in [1.29, 1.82) is 0 Å². The fraction of sp³-hybridized carbons (Fsp3) is 0.370. The SMILES string of the molecule is COCCN(C)C1(C)CN(c2ncc(-c3n[nH]c4ccc(O[C@H](C)c5c(Cl)cncc5Cl)cc34)cc2F)C1. The van der Waals surface area contributed by atoms with Gasteiger partial charge in [0.15, 0.2) is 11.6 Å². The zero-order valence-corrected chi connectivity index (χ0v) is 23.1. The summed E-state index contributed by atoms with van der Waals surface area (Å²) in [6, 6.07) is 7.03. The summed E-state index contributed by atoms with van der Waals surface area (Å²) in [5.41, 5.74) is 2.56. The standard InChI is InChI=1S/C27H29Cl2FN6O2/c1-16(24-20(28)12-31-13-21(24)29)38-18-5-6-23-19(10-18)25(34-33-23)17-9-22(30)26(32-11-17)36-14-27(2,15-36)35(3)7-8-37-4/h5-6,9-13,16H,7-8,14-15H2,1-4H3,(H,33,34)/t16-/m1/s1. The van der Waals surface area contributed by atoms with E-state index in [0.29, 0.717) is 58.1 Å². The molecule has 1 fully saturated rings. The first kappa shape index (κ1) is 26.6. The van der Waals surface area contributed by atoms with E-state index in [4.69, 9.17) is 32.7 Å². The number of anilines is 1. The monoisotopic (exact) mass is 558 g/mol. The van der Waals surface area contributed by atoms with E-state index in [9.17, 15) is 0 Å². The Balaban J connectivity index is 1.35. The summed E-state index contributed by atoms with van der Waals surface area (Å²) in [5.74, 6) is 0.553. The number of pyridine rings is 2. The van der Waals surface area contributed by atoms with Gasteiger partial charge in [0.05, 0.1) is 27.7 Å². The van der Waals surface area contributed by atoms with E-state index in [1.165, 1.54) is 18.5 Å². The maximum atomic E-state index is 15.3. The molecule has 1 saturated heterocycles. The molecule has 0 spiro atoms. The number of fused-ring (bicyclic) bond motifs is 1. The molecular formula is C27H29Cl2FN6O2. The Morgan fingerprint density at radius 1 is 1.18 bits per heavy atom. The van der Waals surface area contributed by atoms with Gasteiger partial charge < -0.3 is 14.4 Å². The maximum Gasteiger partial charge on any atom is 0.166 e. The first-order valence-corrected chi connectivity index (χ1v) is 13.0. The predicted molar refractivity (Wildman–Crippen MR) is 148 cm³/mol. The second-order valence-corrected chi connectivity index (χ2v) is 10.7. The largest absolute Gasteiger partial charge is 0.486 e. The van der Waals surface area contributed by atoms with Gasteiger partial charge in [-0.25, -0.2) is 9.37 Å². The normalized spacial score (nSPS) is 15.6. The van der Waals surface area contributed by atoms with Gasteiger partial charge in [0.1, 0.15) is 17.5 Å². The number of nitrogens with one attached hydrogen (secondary N) is 1. The summed E-state index contributed by atoms with van der Waals surface area (Å²) < 4.78 is 26.6. The predicted octanol–water partition coefficient (Wildman–Crippen LogP) is 5.76. The fourth-order valence-corrected chi connectivity index (χ4v) is 5.49. The molecule has 0 unspecified atom stereocenters. The molecule has 5 rings (SSSR count). The molecule has 0 aliphatic carbocycles. The van der Waals surface area contributed by atoms with Crippen LogP contribution in [0.2, 0.25) is 10.0 Å². The molecule has 38 heavy (non-hydrogen) atoms. The van der Waals surface area contributed by atoms with E-state index in [0.717, 1.165) is 17.4 Å². The van der Waals surface area contributed by atoms with E-state index in [1.54, 1.807) is 13.3 Å². The first-order valence-electron chi connectivity index (χ1n) is 12.2. The molecule has 0 bridgehead atoms. The molecule has 1 aromatic carbocycles. The summed E-state index contributed by atoms with van der Waals surface area (Å²) in [4.78, 5) is 12.7. The van der Waals surface area contributed by atoms with Crippen molar-refractivity contribution >= 4 is 39.9 Å². The molecule has 0 saturated carbocycles. The highest BCUT2D eigenvalue weighted by Gasteiger charge is 2.43. The number of halogens is 3. The van der Waals surface area contributed by atoms with Crippen LogP contribution in [-0.4, -0.2) is 71.0 Å². The summed E-state index contributed by atoms with van der Waals surface area (Å²) >= 11 is 12.6. The smallest absolute Gasteiger partial charge is 0.166 e. The average Bonchev–Trinajstić information content (AvgIpc) is 3.28. The van der Waals surface area contributed by atoms with E-state index >= 15 is 4.39 Å². The van der Waals surface area contributed by atoms with Crippen molar-refractivity contribution in [2.24, 2.45) is 0 Å². The topological polar surface area (TPSA) is 79.4 Å². The molecule has 1 atom stereocenters. The van der Waals surface area contributed by atoms with Crippen LogP contribution >= 0.6 is 23.2 Å². The molecule has 0 amide bonds. The molecule has 8 nitrogen and oxygen atoms in total. The van der Waals surface area contributed by atoms with Gasteiger partial charge in [0, 0.05) is 61.8 Å². The van der Waals surface area contributed by atoms with Crippen LogP contribution in [0, 0.1) is 5.82 Å². The Hall–Kier alpha value is -2.98. The van der Waals surface area contributed by atoms with Gasteiger partial charge in [0.2, 0.25) is 0 Å². The number of hydrogen-bond donors (Lipinski definition) is 1. The zero-order chi connectivity index (χ0) is 27.0. The van der Waals surface area contributed by atoms with E-state index in [1.807, 2.05) is 30.0 Å². The van der Waals surface area contributed by atoms with Gasteiger partial charge in [-0.3, -0.25) is 15.0 Å². The van der Waals surface area contributed by atoms with Crippen molar-refractivity contribution in [3.63, 3.8) is 0 Å². The van der Waals surface area contributed by atoms with E-state index in [-0.39, 0.29) is 11.4 Å². The number of aromatic nitrogens is 4. The lowest BCUT2D eigenvalue weighted by molar-refractivity contribution is 0.0686. The third-order valence-corrected chi connectivity index (χ3v) is 7.76. The van der Waals surface area contributed by atoms with Gasteiger partial charge in [-0.05, 0) is 45.2 Å². The van der Waals surface area contributed by atoms with E-state index in [2.05, 4.69) is 39.0 Å². The summed E-state index contributed by atoms with van der Waals surface area (Å²) in [6.45, 7) is 6.87. The summed E-state index contributed by atoms with van der Waals surface area (Å²) in [5, 5.41) is 9.08. The Morgan fingerprint density at radius 3 is 2.61 bits per heavy atom. The summed E-state index contributed by atoms with van der Waals surface area (Å²) in [7, 11) is 3.75. The number of benzene rings is 1. The number of likely N-dealkylation sites (N-methyl/N-ethyl adjacent to an activating group) is 1. The second kappa shape index (κ2) is 10.6. The number of hydrogen-bond acceptors (Lipinski definition) is 7. The number of methoxy groups -OCH3 is 1. The number of nitrogens with zero attached hydrogens (tertiary/aromatic N) is 5. The molecular weight excluding hydrogens is 530 g/mol. The Morgan fingerprint density at radius 2 is 1.92 bits per heavy atom. The number of H-pyrrole nitrogens is 1. The maximum absolute atomic E-state index is 15.3. The molecule has 1 aliphatic rings. The fourth-order valence-electron chi connectivity index (χ4n) is 4.82. The Labute approximate surface area is 230 Å². The van der Waals surface area contributed by atoms with Crippen LogP contribution in [0.1, 0.15) is 25.5 Å². The molecule has 200 valence electrons. The van der Waals surface area contributed by atoms with Gasteiger partial charge in [-0.1, -0.05) is 23.2 Å². The van der Waals surface area contributed by atoms with Crippen LogP contribution in [-0.2, 0) is 4.74 Å². The molecule has 3 aromatic heterocycles. The number of ether oxygens (including phenoxy) is 2. The van der Waals surface area contributed by atoms with Crippen molar-refractivity contribution in [3.05, 3.63) is 64.3 Å². The number of rotatable bonds is 9. The lowest BCUT2D eigenvalue weighted by Gasteiger charge is -2.53. The zero-order valence-electron chi connectivity index (χ0n) is 21.6. The third kappa shape index (κ3) is 5.03. The summed E-state index contributed by atoms with van der Waals surface area (Å²) in [6.07, 6.45) is 4.31. The van der Waals surface area contributed by atoms with Crippen molar-refractivity contribution < 1.29 is 13.9 Å². The minimum Gasteiger partial charge on any atom is -0.486 e. The minimum atomic E-state index is -0.417. The van der Waals surface area contributed by atoms with Crippen LogP contribution in [0.25, 0.3) is 22.2 Å². The lowest BCUT2D eigenvalue weighted by Crippen LogP contribution is -2.68. The van der Waals surface area contributed by atoms with Crippen molar-refractivity contribution in [1.82, 2.24) is 25.1 Å². The van der Waals surface area contributed by atoms with Crippen LogP contribution < -0.4 is 9.64 Å². The van der Waals surface area contributed by atoms with Gasteiger partial charge in [0.25, 0.3) is 0 Å². The van der Waals surface area contributed by atoms with Crippen molar-refractivity contribution in [3.8, 4) is 17.0 Å². The lowest BCUT2D eigenvalue weighted by atomic mass is 9.90. The minimum absolute atomic E-state index is 0.0536. The van der Waals surface area contributed by atoms with Gasteiger partial charge in [-0.15, -0.1) is 0 Å². The van der Waals surface area contributed by atoms with Crippen LogP contribution in [0.5, 0.6) is 5.75 Å². The molecule has 1 N–H and O–H groups in total. The van der Waals surface area contributed by atoms with Gasteiger partial charge >= 0.3 is 0 Å². The van der Waals surface area contributed by atoms with Crippen LogP contribution in [0.3, 0.4) is 0 Å². The average molecular weight is 559 g/mol.